The highest BCUT2D eigenvalue weighted by Gasteiger charge is 2.24. The minimum Gasteiger partial charge on any atom is -0.275 e. The lowest BCUT2D eigenvalue weighted by Gasteiger charge is -2.12. The van der Waals surface area contributed by atoms with Crippen LogP contribution in [-0.4, -0.2) is 14.5 Å². The number of nitrogens with zero attached hydrogens (tertiary/aromatic N) is 3. The number of hydrogen-bond acceptors (Lipinski definition) is 4. The fourth-order valence-electron chi connectivity index (χ4n) is 5.85. The van der Waals surface area contributed by atoms with Crippen molar-refractivity contribution >= 4 is 85.0 Å². The van der Waals surface area contributed by atoms with E-state index in [1.54, 1.807) is 0 Å². The van der Waals surface area contributed by atoms with Crippen LogP contribution >= 0.6 is 22.7 Å². The van der Waals surface area contributed by atoms with Gasteiger partial charge in [-0.15, -0.1) is 22.7 Å². The van der Waals surface area contributed by atoms with Gasteiger partial charge in [0, 0.05) is 31.1 Å². The second kappa shape index (κ2) is 7.96. The van der Waals surface area contributed by atoms with Gasteiger partial charge in [-0.3, -0.25) is 4.57 Å². The van der Waals surface area contributed by atoms with Crippen molar-refractivity contribution in [1.29, 1.82) is 0 Å². The Morgan fingerprint density at radius 3 is 1.82 bits per heavy atom. The van der Waals surface area contributed by atoms with Crippen molar-refractivity contribution in [3.05, 3.63) is 115 Å². The molecule has 182 valence electrons. The molecule has 0 bridgehead atoms. The lowest BCUT2D eigenvalue weighted by atomic mass is 10.0. The molecule has 0 saturated heterocycles. The Labute approximate surface area is 231 Å². The van der Waals surface area contributed by atoms with Gasteiger partial charge in [0.25, 0.3) is 0 Å². The Morgan fingerprint density at radius 1 is 0.513 bits per heavy atom. The van der Waals surface area contributed by atoms with Crippen LogP contribution in [0.25, 0.3) is 79.5 Å². The fourth-order valence-corrected chi connectivity index (χ4v) is 8.36. The molecule has 5 aromatic carbocycles. The molecular formula is C34H19N3S2. The van der Waals surface area contributed by atoms with Crippen molar-refractivity contribution in [2.75, 3.05) is 0 Å². The number of hydrogen-bond donors (Lipinski definition) is 0. The fraction of sp³-hybridized carbons (Fsp3) is 0. The highest BCUT2D eigenvalue weighted by molar-refractivity contribution is 7.33. The molecule has 0 saturated carbocycles. The van der Waals surface area contributed by atoms with Crippen molar-refractivity contribution in [3.8, 4) is 17.2 Å². The number of thiophene rings is 2. The maximum atomic E-state index is 5.35. The van der Waals surface area contributed by atoms with E-state index in [4.69, 9.17) is 9.97 Å². The summed E-state index contributed by atoms with van der Waals surface area (Å²) >= 11 is 3.72. The second-order valence-electron chi connectivity index (χ2n) is 9.84. The first kappa shape index (κ1) is 21.4. The Morgan fingerprint density at radius 2 is 1.10 bits per heavy atom. The standard InChI is InChI=1S/C34H19N3S2/c1-2-10-21-19-22(18-17-20(21)9-1)29-23-11-3-6-14-26(23)35-34(36-29)37-30-24-12-4-7-15-27(24)38-32(30)33-31(37)25-13-5-8-16-28(25)39-33/h1-19H. The third-order valence-electron chi connectivity index (χ3n) is 7.61. The van der Waals surface area contributed by atoms with E-state index in [9.17, 15) is 0 Å². The van der Waals surface area contributed by atoms with E-state index in [0.29, 0.717) is 5.95 Å². The van der Waals surface area contributed by atoms with E-state index >= 15 is 0 Å². The van der Waals surface area contributed by atoms with Gasteiger partial charge in [-0.05, 0) is 35.0 Å². The van der Waals surface area contributed by atoms with Crippen molar-refractivity contribution < 1.29 is 0 Å². The molecule has 39 heavy (non-hydrogen) atoms. The van der Waals surface area contributed by atoms with Gasteiger partial charge in [-0.25, -0.2) is 9.97 Å². The molecule has 0 N–H and O–H groups in total. The maximum absolute atomic E-state index is 5.35. The summed E-state index contributed by atoms with van der Waals surface area (Å²) in [5.41, 5.74) is 5.39. The summed E-state index contributed by atoms with van der Waals surface area (Å²) in [6, 6.07) is 40.8. The smallest absolute Gasteiger partial charge is 0.235 e. The molecule has 9 rings (SSSR count). The van der Waals surface area contributed by atoms with Crippen LogP contribution in [0.2, 0.25) is 0 Å². The molecule has 0 unspecified atom stereocenters. The number of rotatable bonds is 2. The molecule has 0 atom stereocenters. The molecule has 0 spiro atoms. The largest absolute Gasteiger partial charge is 0.275 e. The predicted octanol–water partition coefficient (Wildman–Crippen LogP) is 9.98. The van der Waals surface area contributed by atoms with Crippen LogP contribution < -0.4 is 0 Å². The van der Waals surface area contributed by atoms with E-state index in [1.165, 1.54) is 51.4 Å². The molecule has 0 aliphatic carbocycles. The van der Waals surface area contributed by atoms with E-state index in [1.807, 2.05) is 22.7 Å². The summed E-state index contributed by atoms with van der Waals surface area (Å²) in [6.45, 7) is 0. The van der Waals surface area contributed by atoms with Gasteiger partial charge in [0.15, 0.2) is 0 Å². The molecule has 0 radical (unpaired) electrons. The van der Waals surface area contributed by atoms with Crippen LogP contribution in [0, 0.1) is 0 Å². The molecule has 0 aliphatic heterocycles. The van der Waals surface area contributed by atoms with Gasteiger partial charge in [0.1, 0.15) is 0 Å². The second-order valence-corrected chi connectivity index (χ2v) is 11.9. The van der Waals surface area contributed by atoms with Crippen LogP contribution in [0.1, 0.15) is 0 Å². The van der Waals surface area contributed by atoms with Crippen molar-refractivity contribution in [2.45, 2.75) is 0 Å². The normalized spacial score (nSPS) is 12.1. The van der Waals surface area contributed by atoms with Gasteiger partial charge >= 0.3 is 0 Å². The van der Waals surface area contributed by atoms with Gasteiger partial charge in [0.05, 0.1) is 31.6 Å². The molecule has 4 aromatic heterocycles. The molecule has 0 fully saturated rings. The summed E-state index contributed by atoms with van der Waals surface area (Å²) in [4.78, 5) is 10.6. The third kappa shape index (κ3) is 3.03. The zero-order chi connectivity index (χ0) is 25.5. The molecule has 0 aliphatic rings. The predicted molar refractivity (Wildman–Crippen MR) is 168 cm³/mol. The first-order valence-electron chi connectivity index (χ1n) is 12.9. The Hall–Kier alpha value is -4.58. The summed E-state index contributed by atoms with van der Waals surface area (Å²) in [5, 5.41) is 5.98. The zero-order valence-corrected chi connectivity index (χ0v) is 22.3. The summed E-state index contributed by atoms with van der Waals surface area (Å²) < 4.78 is 7.49. The van der Waals surface area contributed by atoms with Crippen LogP contribution in [-0.2, 0) is 0 Å². The number of aromatic nitrogens is 3. The minimum absolute atomic E-state index is 0.712. The van der Waals surface area contributed by atoms with Crippen LogP contribution in [0.15, 0.2) is 115 Å². The third-order valence-corrected chi connectivity index (χ3v) is 10.1. The van der Waals surface area contributed by atoms with E-state index < -0.39 is 0 Å². The van der Waals surface area contributed by atoms with E-state index in [2.05, 4.69) is 120 Å². The highest BCUT2D eigenvalue weighted by Crippen LogP contribution is 2.47. The molecule has 0 amide bonds. The molecule has 4 heterocycles. The van der Waals surface area contributed by atoms with Crippen LogP contribution in [0.3, 0.4) is 0 Å². The van der Waals surface area contributed by atoms with Gasteiger partial charge < -0.3 is 0 Å². The van der Waals surface area contributed by atoms with Crippen molar-refractivity contribution in [1.82, 2.24) is 14.5 Å². The van der Waals surface area contributed by atoms with Gasteiger partial charge in [-0.1, -0.05) is 91.0 Å². The quantitative estimate of drug-likeness (QED) is 0.221. The van der Waals surface area contributed by atoms with Crippen molar-refractivity contribution in [2.24, 2.45) is 0 Å². The summed E-state index contributed by atoms with van der Waals surface area (Å²) in [5.74, 6) is 0.712. The number of para-hydroxylation sites is 1. The lowest BCUT2D eigenvalue weighted by molar-refractivity contribution is 1.02. The van der Waals surface area contributed by atoms with Crippen LogP contribution in [0.5, 0.6) is 0 Å². The SMILES string of the molecule is c1ccc2cc(-c3nc(-n4c5c6ccccc6sc5c5sc6ccccc6c54)nc4ccccc34)ccc2c1. The number of fused-ring (bicyclic) bond motifs is 9. The Kier molecular flexibility index (Phi) is 4.36. The minimum atomic E-state index is 0.712. The molecular weight excluding hydrogens is 515 g/mol. The highest BCUT2D eigenvalue weighted by atomic mass is 32.1. The topological polar surface area (TPSA) is 30.7 Å². The lowest BCUT2D eigenvalue weighted by Crippen LogP contribution is -2.03. The number of benzene rings is 5. The Bertz CT molecular complexity index is 2320. The van der Waals surface area contributed by atoms with E-state index in [-0.39, 0.29) is 0 Å². The Balaban J connectivity index is 1.45. The summed E-state index contributed by atoms with van der Waals surface area (Å²) in [6.07, 6.45) is 0. The molecule has 5 heteroatoms. The molecule has 9 aromatic rings. The van der Waals surface area contributed by atoms with Crippen LogP contribution in [0.4, 0.5) is 0 Å². The average Bonchev–Trinajstić information content (AvgIpc) is 3.64. The average molecular weight is 534 g/mol. The zero-order valence-electron chi connectivity index (χ0n) is 20.6. The first-order valence-corrected chi connectivity index (χ1v) is 14.6. The van der Waals surface area contributed by atoms with Crippen molar-refractivity contribution in [3.63, 3.8) is 0 Å². The maximum Gasteiger partial charge on any atom is 0.235 e. The molecule has 3 nitrogen and oxygen atoms in total. The first-order chi connectivity index (χ1) is 19.3. The van der Waals surface area contributed by atoms with E-state index in [0.717, 1.165) is 22.2 Å². The van der Waals surface area contributed by atoms with Gasteiger partial charge in [-0.2, -0.15) is 0 Å². The van der Waals surface area contributed by atoms with Gasteiger partial charge in [0.2, 0.25) is 5.95 Å². The summed E-state index contributed by atoms with van der Waals surface area (Å²) in [7, 11) is 0. The monoisotopic (exact) mass is 533 g/mol.